The quantitative estimate of drug-likeness (QED) is 0.678. The van der Waals surface area contributed by atoms with E-state index >= 15 is 0 Å². The van der Waals surface area contributed by atoms with Crippen LogP contribution in [0.15, 0.2) is 60.7 Å². The van der Waals surface area contributed by atoms with Gasteiger partial charge in [-0.2, -0.15) is 0 Å². The van der Waals surface area contributed by atoms with E-state index < -0.39 is 5.97 Å². The number of ether oxygens (including phenoxy) is 1. The smallest absolute Gasteiger partial charge is 0.342 e. The van der Waals surface area contributed by atoms with E-state index in [0.717, 1.165) is 35.6 Å². The van der Waals surface area contributed by atoms with Crippen molar-refractivity contribution in [3.8, 4) is 5.75 Å². The predicted molar refractivity (Wildman–Crippen MR) is 106 cm³/mol. The van der Waals surface area contributed by atoms with Gasteiger partial charge in [0, 0.05) is 0 Å². The van der Waals surface area contributed by atoms with Crippen LogP contribution in [0.25, 0.3) is 10.8 Å². The van der Waals surface area contributed by atoms with Crippen LogP contribution in [-0.2, 0) is 16.0 Å². The third kappa shape index (κ3) is 3.69. The molecule has 4 rings (SSSR count). The average molecular weight is 375 g/mol. The summed E-state index contributed by atoms with van der Waals surface area (Å²) in [5.74, 6) is -1.23. The van der Waals surface area contributed by atoms with Gasteiger partial charge in [0.2, 0.25) is 0 Å². The van der Waals surface area contributed by atoms with Crippen LogP contribution in [0.1, 0.15) is 40.4 Å². The van der Waals surface area contributed by atoms with Gasteiger partial charge in [-0.05, 0) is 53.3 Å². The van der Waals surface area contributed by atoms with Crippen molar-refractivity contribution in [2.45, 2.75) is 25.3 Å². The molecular formula is C23H21NO4. The third-order valence-electron chi connectivity index (χ3n) is 5.12. The van der Waals surface area contributed by atoms with Gasteiger partial charge in [0.1, 0.15) is 11.3 Å². The topological polar surface area (TPSA) is 75.6 Å². The first-order valence-corrected chi connectivity index (χ1v) is 9.38. The molecule has 0 saturated heterocycles. The van der Waals surface area contributed by atoms with Gasteiger partial charge < -0.3 is 15.2 Å². The molecule has 3 aromatic rings. The lowest BCUT2D eigenvalue weighted by atomic mass is 9.88. The van der Waals surface area contributed by atoms with Crippen molar-refractivity contribution in [2.75, 3.05) is 6.61 Å². The average Bonchev–Trinajstić information content (AvgIpc) is 2.72. The van der Waals surface area contributed by atoms with Gasteiger partial charge in [-0.15, -0.1) is 0 Å². The number of phenolic OH excluding ortho intramolecular Hbond substituents is 1. The molecule has 28 heavy (non-hydrogen) atoms. The molecule has 0 bridgehead atoms. The van der Waals surface area contributed by atoms with Crippen molar-refractivity contribution < 1.29 is 19.4 Å². The van der Waals surface area contributed by atoms with E-state index in [0.29, 0.717) is 0 Å². The van der Waals surface area contributed by atoms with Gasteiger partial charge in [-0.25, -0.2) is 4.79 Å². The molecule has 0 saturated carbocycles. The Hall–Kier alpha value is -3.34. The number of hydrogen-bond donors (Lipinski definition) is 2. The van der Waals surface area contributed by atoms with Crippen molar-refractivity contribution in [1.82, 2.24) is 5.32 Å². The fourth-order valence-corrected chi connectivity index (χ4v) is 3.74. The summed E-state index contributed by atoms with van der Waals surface area (Å²) in [4.78, 5) is 24.6. The molecule has 0 heterocycles. The first-order valence-electron chi connectivity index (χ1n) is 9.38. The minimum atomic E-state index is -0.720. The summed E-state index contributed by atoms with van der Waals surface area (Å²) in [6.07, 6.45) is 2.88. The number of aromatic hydroxyl groups is 1. The highest BCUT2D eigenvalue weighted by atomic mass is 16.5. The second-order valence-electron chi connectivity index (χ2n) is 7.00. The molecule has 1 aliphatic carbocycles. The van der Waals surface area contributed by atoms with E-state index in [9.17, 15) is 14.7 Å². The van der Waals surface area contributed by atoms with Crippen molar-refractivity contribution in [2.24, 2.45) is 0 Å². The zero-order valence-corrected chi connectivity index (χ0v) is 15.4. The fourth-order valence-electron chi connectivity index (χ4n) is 3.74. The molecule has 2 N–H and O–H groups in total. The van der Waals surface area contributed by atoms with E-state index in [-0.39, 0.29) is 29.9 Å². The lowest BCUT2D eigenvalue weighted by molar-refractivity contribution is -0.125. The van der Waals surface area contributed by atoms with Gasteiger partial charge >= 0.3 is 5.97 Å². The molecule has 3 aromatic carbocycles. The Labute approximate surface area is 162 Å². The first-order chi connectivity index (χ1) is 13.6. The van der Waals surface area contributed by atoms with E-state index in [2.05, 4.69) is 11.4 Å². The lowest BCUT2D eigenvalue weighted by Gasteiger charge is -2.26. The summed E-state index contributed by atoms with van der Waals surface area (Å²) < 4.78 is 5.14. The van der Waals surface area contributed by atoms with Crippen LogP contribution in [0.5, 0.6) is 5.75 Å². The normalized spacial score (nSPS) is 15.6. The molecule has 5 heteroatoms. The number of nitrogens with one attached hydrogen (secondary N) is 1. The molecule has 0 spiro atoms. The van der Waals surface area contributed by atoms with E-state index in [1.165, 1.54) is 11.6 Å². The fraction of sp³-hybridized carbons (Fsp3) is 0.217. The Morgan fingerprint density at radius 1 is 1.04 bits per heavy atom. The number of benzene rings is 3. The van der Waals surface area contributed by atoms with Gasteiger partial charge in [-0.3, -0.25) is 4.79 Å². The highest BCUT2D eigenvalue weighted by molar-refractivity contribution is 5.99. The second-order valence-corrected chi connectivity index (χ2v) is 7.00. The Kier molecular flexibility index (Phi) is 4.98. The number of aryl methyl sites for hydroxylation is 1. The van der Waals surface area contributed by atoms with Gasteiger partial charge in [0.15, 0.2) is 6.61 Å². The molecule has 0 fully saturated rings. The summed E-state index contributed by atoms with van der Waals surface area (Å²) in [5.41, 5.74) is 2.42. The number of amides is 1. The van der Waals surface area contributed by atoms with Gasteiger partial charge in [0.05, 0.1) is 6.04 Å². The lowest BCUT2D eigenvalue weighted by Crippen LogP contribution is -2.34. The van der Waals surface area contributed by atoms with Crippen LogP contribution in [0.4, 0.5) is 0 Å². The maximum absolute atomic E-state index is 12.3. The third-order valence-corrected chi connectivity index (χ3v) is 5.12. The molecular weight excluding hydrogens is 354 g/mol. The molecule has 142 valence electrons. The predicted octanol–water partition coefficient (Wildman–Crippen LogP) is 3.90. The molecule has 0 radical (unpaired) electrons. The standard InChI is InChI=1S/C23H21NO4/c25-21-13-17-8-2-1-7-16(17)12-19(21)23(27)28-14-22(26)24-20-11-5-9-15-6-3-4-10-18(15)20/h1-4,6-8,10,12-13,20,25H,5,9,11,14H2,(H,24,26)/t20-/m1/s1. The highest BCUT2D eigenvalue weighted by Crippen LogP contribution is 2.29. The Morgan fingerprint density at radius 3 is 2.57 bits per heavy atom. The molecule has 0 aromatic heterocycles. The molecule has 0 unspecified atom stereocenters. The SMILES string of the molecule is O=C(COC(=O)c1cc2ccccc2cc1O)N[C@@H]1CCCc2ccccc21. The van der Waals surface area contributed by atoms with Crippen LogP contribution in [0.3, 0.4) is 0 Å². The van der Waals surface area contributed by atoms with E-state index in [4.69, 9.17) is 4.74 Å². The number of carbonyl (C=O) groups is 2. The molecule has 1 amide bonds. The minimum Gasteiger partial charge on any atom is -0.507 e. The zero-order valence-electron chi connectivity index (χ0n) is 15.4. The first kappa shape index (κ1) is 18.0. The molecule has 5 nitrogen and oxygen atoms in total. The number of rotatable bonds is 4. The number of hydrogen-bond acceptors (Lipinski definition) is 4. The molecule has 0 aliphatic heterocycles. The van der Waals surface area contributed by atoms with Crippen LogP contribution in [-0.4, -0.2) is 23.6 Å². The largest absolute Gasteiger partial charge is 0.507 e. The maximum Gasteiger partial charge on any atom is 0.342 e. The summed E-state index contributed by atoms with van der Waals surface area (Å²) in [7, 11) is 0. The Bertz CT molecular complexity index is 1040. The molecule has 1 atom stereocenters. The maximum atomic E-state index is 12.3. The summed E-state index contributed by atoms with van der Waals surface area (Å²) in [5, 5.41) is 14.7. The monoisotopic (exact) mass is 375 g/mol. The molecule has 1 aliphatic rings. The van der Waals surface area contributed by atoms with Crippen LogP contribution < -0.4 is 5.32 Å². The van der Waals surface area contributed by atoms with Crippen molar-refractivity contribution >= 4 is 22.6 Å². The van der Waals surface area contributed by atoms with E-state index in [1.54, 1.807) is 6.07 Å². The zero-order chi connectivity index (χ0) is 19.5. The van der Waals surface area contributed by atoms with Crippen LogP contribution in [0, 0.1) is 0 Å². The summed E-state index contributed by atoms with van der Waals surface area (Å²) >= 11 is 0. The Balaban J connectivity index is 1.40. The minimum absolute atomic E-state index is 0.0505. The summed E-state index contributed by atoms with van der Waals surface area (Å²) in [6.45, 7) is -0.385. The number of esters is 1. The van der Waals surface area contributed by atoms with E-state index in [1.807, 2.05) is 42.5 Å². The van der Waals surface area contributed by atoms with Crippen LogP contribution in [0.2, 0.25) is 0 Å². The van der Waals surface area contributed by atoms with Gasteiger partial charge in [-0.1, -0.05) is 48.5 Å². The summed E-state index contributed by atoms with van der Waals surface area (Å²) in [6, 6.07) is 18.5. The number of carbonyl (C=O) groups excluding carboxylic acids is 2. The number of phenols is 1. The highest BCUT2D eigenvalue weighted by Gasteiger charge is 2.22. The van der Waals surface area contributed by atoms with Crippen molar-refractivity contribution in [3.63, 3.8) is 0 Å². The second kappa shape index (κ2) is 7.72. The van der Waals surface area contributed by atoms with Crippen LogP contribution >= 0.6 is 0 Å². The number of fused-ring (bicyclic) bond motifs is 2. The Morgan fingerprint density at radius 2 is 1.75 bits per heavy atom. The van der Waals surface area contributed by atoms with Gasteiger partial charge in [0.25, 0.3) is 5.91 Å². The van der Waals surface area contributed by atoms with Crippen molar-refractivity contribution in [1.29, 1.82) is 0 Å². The van der Waals surface area contributed by atoms with Crippen molar-refractivity contribution in [3.05, 3.63) is 77.4 Å².